The largest absolute Gasteiger partial charge is 0.724 e. The van der Waals surface area contributed by atoms with Gasteiger partial charge in [0.05, 0.1) is 39.1 Å². The molecule has 1 aromatic carbocycles. The lowest BCUT2D eigenvalue weighted by Gasteiger charge is -2.39. The van der Waals surface area contributed by atoms with Crippen LogP contribution in [0.3, 0.4) is 0 Å². The zero-order valence-corrected chi connectivity index (χ0v) is 23.9. The molecule has 1 aliphatic heterocycles. The molecular weight excluding hydrogens is 494 g/mol. The van der Waals surface area contributed by atoms with Crippen LogP contribution in [0.1, 0.15) is 84.6 Å². The normalized spacial score (nSPS) is 15.5. The lowest BCUT2D eigenvalue weighted by Crippen LogP contribution is -2.64. The van der Waals surface area contributed by atoms with Crippen LogP contribution in [0.15, 0.2) is 30.3 Å². The number of β-lactam (4-membered cyclic amide) rings is 1. The molecule has 0 spiro atoms. The third-order valence-corrected chi connectivity index (χ3v) is 6.92. The van der Waals surface area contributed by atoms with Gasteiger partial charge in [0.25, 0.3) is 5.91 Å². The predicted molar refractivity (Wildman–Crippen MR) is 144 cm³/mol. The van der Waals surface area contributed by atoms with Crippen molar-refractivity contribution in [2.24, 2.45) is 0 Å². The smallest absolute Gasteiger partial charge is 0.271 e. The van der Waals surface area contributed by atoms with Gasteiger partial charge in [0.2, 0.25) is 16.3 Å². The lowest BCUT2D eigenvalue weighted by atomic mass is 10.1. The van der Waals surface area contributed by atoms with Crippen LogP contribution >= 0.6 is 0 Å². The van der Waals surface area contributed by atoms with Gasteiger partial charge >= 0.3 is 0 Å². The number of hydrogen-bond donors (Lipinski definition) is 1. The van der Waals surface area contributed by atoms with Crippen LogP contribution in [0, 0.1) is 0 Å². The van der Waals surface area contributed by atoms with E-state index in [1.807, 2.05) is 6.07 Å². The van der Waals surface area contributed by atoms with E-state index in [0.717, 1.165) is 5.56 Å². The van der Waals surface area contributed by atoms with Crippen LogP contribution in [0.5, 0.6) is 0 Å². The lowest BCUT2D eigenvalue weighted by molar-refractivity contribution is -0.929. The molecule has 0 radical (unpaired) electrons. The van der Waals surface area contributed by atoms with E-state index in [2.05, 4.69) is 37.3 Å². The average Bonchev–Trinajstić information content (AvgIpc) is 2.87. The molecule has 1 aliphatic rings. The van der Waals surface area contributed by atoms with Gasteiger partial charge in [0, 0.05) is 0 Å². The maximum absolute atomic E-state index is 11.7. The molecule has 1 unspecified atom stereocenters. The number of amides is 2. The van der Waals surface area contributed by atoms with Gasteiger partial charge in [-0.25, -0.2) is 13.5 Å². The van der Waals surface area contributed by atoms with Crippen molar-refractivity contribution in [3.8, 4) is 0 Å². The Morgan fingerprint density at radius 1 is 0.946 bits per heavy atom. The molecule has 10 heteroatoms. The fourth-order valence-corrected chi connectivity index (χ4v) is 4.71. The highest BCUT2D eigenvalue weighted by molar-refractivity contribution is 7.80. The highest BCUT2D eigenvalue weighted by Crippen LogP contribution is 2.16. The summed E-state index contributed by atoms with van der Waals surface area (Å²) in [6.45, 7) is 14.8. The Kier molecular flexibility index (Phi) is 15.6. The maximum atomic E-state index is 11.7. The molecule has 0 aliphatic carbocycles. The second-order valence-electron chi connectivity index (χ2n) is 9.81. The Morgan fingerprint density at radius 2 is 1.41 bits per heavy atom. The summed E-state index contributed by atoms with van der Waals surface area (Å²) in [5, 5.41) is 2.82. The van der Waals surface area contributed by atoms with Gasteiger partial charge in [-0.2, -0.15) is 4.28 Å². The number of nitrogens with zero attached hydrogens (tertiary/aromatic N) is 2. The van der Waals surface area contributed by atoms with Crippen molar-refractivity contribution in [1.29, 1.82) is 0 Å². The van der Waals surface area contributed by atoms with Gasteiger partial charge in [-0.1, -0.05) is 83.7 Å². The maximum Gasteiger partial charge on any atom is 0.271 e. The van der Waals surface area contributed by atoms with E-state index in [1.54, 1.807) is 24.3 Å². The zero-order chi connectivity index (χ0) is 27.7. The molecule has 0 saturated carbocycles. The number of quaternary nitrogens is 1. The predicted octanol–water partition coefficient (Wildman–Crippen LogP) is 3.95. The van der Waals surface area contributed by atoms with Crippen LogP contribution in [0.4, 0.5) is 0 Å². The number of unbranched alkanes of at least 4 members (excludes halogenated alkanes) is 4. The third kappa shape index (κ3) is 13.4. The van der Waals surface area contributed by atoms with Crippen LogP contribution in [-0.2, 0) is 30.7 Å². The molecule has 37 heavy (non-hydrogen) atoms. The minimum atomic E-state index is -4.98. The van der Waals surface area contributed by atoms with Crippen molar-refractivity contribution in [2.45, 2.75) is 91.5 Å². The number of benzene rings is 1. The second kappa shape index (κ2) is 17.5. The molecule has 1 aromatic rings. The number of carbonyl (C=O) groups excluding carboxylic acids is 2. The highest BCUT2D eigenvalue weighted by atomic mass is 32.3. The quantitative estimate of drug-likeness (QED) is 0.138. The summed E-state index contributed by atoms with van der Waals surface area (Å²) in [6.07, 6.45) is 11.2. The molecule has 0 bridgehead atoms. The van der Waals surface area contributed by atoms with Gasteiger partial charge in [-0.05, 0) is 31.2 Å². The van der Waals surface area contributed by atoms with E-state index in [9.17, 15) is 22.6 Å². The Labute approximate surface area is 224 Å². The molecule has 1 saturated heterocycles. The van der Waals surface area contributed by atoms with Crippen LogP contribution in [0.25, 0.3) is 0 Å². The first-order chi connectivity index (χ1) is 17.6. The first-order valence-electron chi connectivity index (χ1n) is 13.7. The van der Waals surface area contributed by atoms with E-state index < -0.39 is 22.3 Å². The first kappa shape index (κ1) is 33.0. The Bertz CT molecular complexity index is 857. The van der Waals surface area contributed by atoms with Crippen LogP contribution < -0.4 is 5.32 Å². The molecule has 1 atom stereocenters. The Morgan fingerprint density at radius 3 is 1.78 bits per heavy atom. The van der Waals surface area contributed by atoms with Crippen molar-refractivity contribution in [3.63, 3.8) is 0 Å². The monoisotopic (exact) mass is 541 g/mol. The van der Waals surface area contributed by atoms with Gasteiger partial charge in [0.1, 0.15) is 6.04 Å². The summed E-state index contributed by atoms with van der Waals surface area (Å²) in [7, 11) is -4.98. The van der Waals surface area contributed by atoms with E-state index >= 15 is 0 Å². The summed E-state index contributed by atoms with van der Waals surface area (Å²) in [5.74, 6) is -1.15. The number of nitrogens with one attached hydrogen (secondary N) is 1. The SMILES string of the molecule is CCCC[N+](CCCC)(CCCC)CCCC.O=C(Cc1ccccc1)NC1CN(OS(=O)(=O)[O-])C1=O. The molecule has 0 aromatic heterocycles. The number of rotatable bonds is 17. The summed E-state index contributed by atoms with van der Waals surface area (Å²) < 4.78 is 36.2. The van der Waals surface area contributed by atoms with Crippen molar-refractivity contribution < 1.29 is 31.3 Å². The number of hydroxylamine groups is 2. The van der Waals surface area contributed by atoms with Crippen LogP contribution in [0.2, 0.25) is 0 Å². The standard InChI is InChI=1S/C16H36N.C11H12N2O6S/c1-5-9-13-17(14-10-6-2,15-11-7-3)16-12-8-4;14-10(6-8-4-2-1-3-5-8)12-9-7-13(11(9)15)19-20(16,17)18/h5-16H2,1-4H3;1-5,9H,6-7H2,(H,12,14)(H,16,17,18)/q+1;/p-1. The molecule has 2 rings (SSSR count). The minimum Gasteiger partial charge on any atom is -0.724 e. The molecule has 2 amide bonds. The number of hydrogen-bond acceptors (Lipinski definition) is 6. The van der Waals surface area contributed by atoms with Gasteiger partial charge < -0.3 is 14.4 Å². The van der Waals surface area contributed by atoms with E-state index in [4.69, 9.17) is 0 Å². The van der Waals surface area contributed by atoms with E-state index in [1.165, 1.54) is 82.0 Å². The molecule has 9 nitrogen and oxygen atoms in total. The van der Waals surface area contributed by atoms with E-state index in [0.29, 0.717) is 5.06 Å². The molecule has 1 heterocycles. The third-order valence-electron chi connectivity index (χ3n) is 6.56. The highest BCUT2D eigenvalue weighted by Gasteiger charge is 2.40. The molecular formula is C27H47N3O6S. The summed E-state index contributed by atoms with van der Waals surface area (Å²) >= 11 is 0. The summed E-state index contributed by atoms with van der Waals surface area (Å²) in [4.78, 5) is 23.1. The minimum absolute atomic E-state index is 0.103. The second-order valence-corrected chi connectivity index (χ2v) is 10.8. The fourth-order valence-electron chi connectivity index (χ4n) is 4.35. The Balaban J connectivity index is 0.000000377. The summed E-state index contributed by atoms with van der Waals surface area (Å²) in [5.41, 5.74) is 0.784. The topological polar surface area (TPSA) is 116 Å². The fraction of sp³-hybridized carbons (Fsp3) is 0.704. The van der Waals surface area contributed by atoms with Crippen molar-refractivity contribution in [2.75, 3.05) is 32.7 Å². The van der Waals surface area contributed by atoms with Crippen LogP contribution in [-0.4, -0.2) is 73.1 Å². The van der Waals surface area contributed by atoms with E-state index in [-0.39, 0.29) is 18.9 Å². The van der Waals surface area contributed by atoms with Gasteiger partial charge in [-0.3, -0.25) is 9.59 Å². The molecule has 1 N–H and O–H groups in total. The Hall–Kier alpha value is -2.01. The van der Waals surface area contributed by atoms with Crippen molar-refractivity contribution in [1.82, 2.24) is 10.4 Å². The van der Waals surface area contributed by atoms with Crippen molar-refractivity contribution >= 4 is 22.2 Å². The zero-order valence-electron chi connectivity index (χ0n) is 23.1. The number of carbonyl (C=O) groups is 2. The summed E-state index contributed by atoms with van der Waals surface area (Å²) in [6, 6.07) is 8.05. The van der Waals surface area contributed by atoms with Crippen molar-refractivity contribution in [3.05, 3.63) is 35.9 Å². The molecule has 1 fully saturated rings. The van der Waals surface area contributed by atoms with Gasteiger partial charge in [-0.15, -0.1) is 0 Å². The molecule has 212 valence electrons. The first-order valence-corrected chi connectivity index (χ1v) is 15.1. The van der Waals surface area contributed by atoms with Gasteiger partial charge in [0.15, 0.2) is 0 Å². The average molecular weight is 542 g/mol.